The lowest BCUT2D eigenvalue weighted by Crippen LogP contribution is -2.31. The molecule has 1 N–H and O–H groups in total. The molecule has 0 aliphatic heterocycles. The first-order chi connectivity index (χ1) is 18.7. The van der Waals surface area contributed by atoms with E-state index in [0.717, 1.165) is 29.5 Å². The quantitative estimate of drug-likeness (QED) is 0.265. The lowest BCUT2D eigenvalue weighted by atomic mass is 10.0. The summed E-state index contributed by atoms with van der Waals surface area (Å²) in [6.45, 7) is 4.11. The van der Waals surface area contributed by atoms with Crippen LogP contribution >= 0.6 is 11.6 Å². The van der Waals surface area contributed by atoms with Crippen LogP contribution in [0.25, 0.3) is 11.2 Å². The Labute approximate surface area is 232 Å². The molecule has 0 saturated heterocycles. The third-order valence-corrected chi connectivity index (χ3v) is 8.26. The van der Waals surface area contributed by atoms with Crippen molar-refractivity contribution in [2.45, 2.75) is 38.1 Å². The molecule has 5 rings (SSSR count). The molecule has 9 heteroatoms. The highest BCUT2D eigenvalue weighted by molar-refractivity contribution is 7.90. The number of halogens is 1. The fourth-order valence-electron chi connectivity index (χ4n) is 4.36. The number of imidazole rings is 1. The first-order valence-corrected chi connectivity index (χ1v) is 14.3. The number of hydrogen-bond acceptors (Lipinski definition) is 5. The number of sulfonamides is 1. The minimum Gasteiger partial charge on any atom is -0.308 e. The smallest absolute Gasteiger partial charge is 0.283 e. The van der Waals surface area contributed by atoms with E-state index in [4.69, 9.17) is 11.6 Å². The Bertz CT molecular complexity index is 1770. The molecule has 2 heterocycles. The van der Waals surface area contributed by atoms with Crippen LogP contribution in [0.4, 0.5) is 0 Å². The van der Waals surface area contributed by atoms with Gasteiger partial charge >= 0.3 is 0 Å². The summed E-state index contributed by atoms with van der Waals surface area (Å²) in [5, 5.41) is 0.639. The van der Waals surface area contributed by atoms with Gasteiger partial charge in [0, 0.05) is 5.02 Å². The van der Waals surface area contributed by atoms with Crippen molar-refractivity contribution >= 4 is 38.7 Å². The van der Waals surface area contributed by atoms with Crippen molar-refractivity contribution in [3.8, 4) is 0 Å². The van der Waals surface area contributed by atoms with E-state index in [1.807, 2.05) is 48.7 Å². The van der Waals surface area contributed by atoms with Crippen LogP contribution in [0.2, 0.25) is 5.02 Å². The number of amides is 1. The Morgan fingerprint density at radius 3 is 2.31 bits per heavy atom. The number of carbonyl (C=O) groups excluding carboxylic acids is 1. The van der Waals surface area contributed by atoms with Gasteiger partial charge in [0.05, 0.1) is 11.4 Å². The molecule has 3 aromatic carbocycles. The lowest BCUT2D eigenvalue weighted by Gasteiger charge is -2.11. The van der Waals surface area contributed by atoms with Gasteiger partial charge in [-0.15, -0.1) is 0 Å². The Balaban J connectivity index is 1.36. The molecule has 0 spiro atoms. The molecule has 0 fully saturated rings. The number of aromatic nitrogens is 3. The molecule has 0 atom stereocenters. The summed E-state index contributed by atoms with van der Waals surface area (Å²) in [4.78, 5) is 21.9. The molecule has 39 heavy (non-hydrogen) atoms. The van der Waals surface area contributed by atoms with Gasteiger partial charge in [0.25, 0.3) is 15.9 Å². The monoisotopic (exact) mass is 558 g/mol. The second-order valence-electron chi connectivity index (χ2n) is 9.44. The van der Waals surface area contributed by atoms with Crippen molar-refractivity contribution in [1.29, 1.82) is 0 Å². The molecule has 0 saturated carbocycles. The van der Waals surface area contributed by atoms with Gasteiger partial charge in [-0.05, 0) is 73.7 Å². The second kappa shape index (κ2) is 11.0. The highest BCUT2D eigenvalue weighted by atomic mass is 35.5. The molecule has 7 nitrogen and oxygen atoms in total. The van der Waals surface area contributed by atoms with Crippen molar-refractivity contribution in [2.75, 3.05) is 0 Å². The molecule has 0 aliphatic carbocycles. The molecule has 1 amide bonds. The maximum Gasteiger partial charge on any atom is 0.283 e. The van der Waals surface area contributed by atoms with E-state index < -0.39 is 15.9 Å². The molecule has 0 bridgehead atoms. The van der Waals surface area contributed by atoms with Crippen molar-refractivity contribution in [2.24, 2.45) is 0 Å². The summed E-state index contributed by atoms with van der Waals surface area (Å²) in [7, 11) is -4.04. The maximum absolute atomic E-state index is 12.9. The van der Waals surface area contributed by atoms with E-state index in [9.17, 15) is 13.2 Å². The summed E-state index contributed by atoms with van der Waals surface area (Å²) in [6.07, 6.45) is 1.80. The number of aryl methyl sites for hydroxylation is 4. The molecule has 5 aromatic rings. The lowest BCUT2D eigenvalue weighted by molar-refractivity contribution is 0.0977. The fourth-order valence-corrected chi connectivity index (χ4v) is 5.58. The first kappa shape index (κ1) is 26.6. The summed E-state index contributed by atoms with van der Waals surface area (Å²) in [5.74, 6) is -0.116. The third-order valence-electron chi connectivity index (χ3n) is 6.57. The topological polar surface area (TPSA) is 94.0 Å². The van der Waals surface area contributed by atoms with Gasteiger partial charge in [0.1, 0.15) is 17.0 Å². The van der Waals surface area contributed by atoms with E-state index in [-0.39, 0.29) is 10.6 Å². The van der Waals surface area contributed by atoms with Crippen LogP contribution in [-0.2, 0) is 29.4 Å². The fraction of sp³-hybridized carbons (Fsp3) is 0.167. The number of pyridine rings is 1. The van der Waals surface area contributed by atoms with Crippen LogP contribution in [-0.4, -0.2) is 28.9 Å². The molecule has 0 radical (unpaired) electrons. The summed E-state index contributed by atoms with van der Waals surface area (Å²) in [6, 6.07) is 25.7. The Morgan fingerprint density at radius 2 is 1.59 bits per heavy atom. The zero-order chi connectivity index (χ0) is 27.6. The van der Waals surface area contributed by atoms with E-state index in [1.165, 1.54) is 23.8 Å². The predicted octanol–water partition coefficient (Wildman–Crippen LogP) is 5.65. The number of hydrogen-bond donors (Lipinski definition) is 1. The van der Waals surface area contributed by atoms with Gasteiger partial charge in [0.15, 0.2) is 5.65 Å². The van der Waals surface area contributed by atoms with Gasteiger partial charge in [-0.1, -0.05) is 71.8 Å². The normalized spacial score (nSPS) is 11.6. The highest BCUT2D eigenvalue weighted by Crippen LogP contribution is 2.23. The average Bonchev–Trinajstić information content (AvgIpc) is 3.23. The van der Waals surface area contributed by atoms with Crippen LogP contribution in [0.1, 0.15) is 38.6 Å². The van der Waals surface area contributed by atoms with Crippen molar-refractivity contribution in [3.05, 3.63) is 124 Å². The number of nitrogens with zero attached hydrogens (tertiary/aromatic N) is 3. The van der Waals surface area contributed by atoms with Crippen LogP contribution in [0.3, 0.4) is 0 Å². The minimum atomic E-state index is -4.04. The summed E-state index contributed by atoms with van der Waals surface area (Å²) >= 11 is 6.67. The Morgan fingerprint density at radius 1 is 0.872 bits per heavy atom. The molecule has 0 aliphatic rings. The second-order valence-corrected chi connectivity index (χ2v) is 11.5. The van der Waals surface area contributed by atoms with E-state index in [1.54, 1.807) is 18.2 Å². The molecular weight excluding hydrogens is 532 g/mol. The first-order valence-electron chi connectivity index (χ1n) is 12.5. The molecule has 2 aromatic heterocycles. The summed E-state index contributed by atoms with van der Waals surface area (Å²) < 4.78 is 29.4. The molecule has 0 unspecified atom stereocenters. The van der Waals surface area contributed by atoms with E-state index >= 15 is 0 Å². The maximum atomic E-state index is 12.9. The molecular formula is C30H27ClN4O3S. The van der Waals surface area contributed by atoms with Gasteiger partial charge in [-0.2, -0.15) is 0 Å². The Kier molecular flexibility index (Phi) is 7.50. The Hall–Kier alpha value is -4.01. The number of fused-ring (bicyclic) bond motifs is 1. The number of carbonyl (C=O) groups is 1. The number of benzene rings is 3. The third kappa shape index (κ3) is 6.02. The standard InChI is InChI=1S/C30H27ClN4O3S/c1-20-8-14-25(15-9-20)39(37,38)34-30(36)28-17-16-27-29(33-28)35(21(2)32-27)19-24-13-12-23(18-26(24)31)11-10-22-6-4-3-5-7-22/h3-9,12-18H,10-11,19H2,1-2H3,(H,34,36). The average molecular weight is 559 g/mol. The number of rotatable bonds is 8. The highest BCUT2D eigenvalue weighted by Gasteiger charge is 2.21. The zero-order valence-corrected chi connectivity index (χ0v) is 23.1. The predicted molar refractivity (Wildman–Crippen MR) is 152 cm³/mol. The SMILES string of the molecule is Cc1ccc(S(=O)(=O)NC(=O)c2ccc3nc(C)n(Cc4ccc(CCc5ccccc5)cc4Cl)c3n2)cc1. The van der Waals surface area contributed by atoms with Gasteiger partial charge in [-0.3, -0.25) is 4.79 Å². The van der Waals surface area contributed by atoms with E-state index in [2.05, 4.69) is 32.9 Å². The van der Waals surface area contributed by atoms with Crippen LogP contribution in [0, 0.1) is 13.8 Å². The van der Waals surface area contributed by atoms with Gasteiger partial charge in [-0.25, -0.2) is 23.1 Å². The number of nitrogens with one attached hydrogen (secondary N) is 1. The van der Waals surface area contributed by atoms with Crippen LogP contribution in [0.15, 0.2) is 89.8 Å². The van der Waals surface area contributed by atoms with Crippen molar-refractivity contribution in [1.82, 2.24) is 19.3 Å². The van der Waals surface area contributed by atoms with Crippen LogP contribution in [0.5, 0.6) is 0 Å². The summed E-state index contributed by atoms with van der Waals surface area (Å²) in [5.41, 5.74) is 5.27. The van der Waals surface area contributed by atoms with Gasteiger partial charge in [0.2, 0.25) is 0 Å². The molecule has 198 valence electrons. The van der Waals surface area contributed by atoms with Crippen molar-refractivity contribution < 1.29 is 13.2 Å². The zero-order valence-electron chi connectivity index (χ0n) is 21.6. The van der Waals surface area contributed by atoms with E-state index in [0.29, 0.717) is 28.6 Å². The largest absolute Gasteiger partial charge is 0.308 e. The van der Waals surface area contributed by atoms with Gasteiger partial charge < -0.3 is 4.57 Å². The minimum absolute atomic E-state index is 0.00488. The van der Waals surface area contributed by atoms with Crippen LogP contribution < -0.4 is 4.72 Å². The van der Waals surface area contributed by atoms with Crippen molar-refractivity contribution in [3.63, 3.8) is 0 Å².